The summed E-state index contributed by atoms with van der Waals surface area (Å²) in [5.74, 6) is 0. The van der Waals surface area contributed by atoms with E-state index in [0.717, 1.165) is 21.6 Å². The molecule has 0 saturated carbocycles. The van der Waals surface area contributed by atoms with Gasteiger partial charge in [-0.1, -0.05) is 0 Å². The SMILES string of the molecule is Cn1cc(NS(=O)(=O)c2cn(C)c(=O)[nH]c2=O)c(C(F)F)n1. The van der Waals surface area contributed by atoms with Gasteiger partial charge in [-0.05, 0) is 0 Å². The fourth-order valence-corrected chi connectivity index (χ4v) is 2.83. The molecule has 2 rings (SSSR count). The van der Waals surface area contributed by atoms with Crippen molar-refractivity contribution in [2.24, 2.45) is 14.1 Å². The van der Waals surface area contributed by atoms with Crippen molar-refractivity contribution in [3.05, 3.63) is 38.9 Å². The quantitative estimate of drug-likeness (QED) is 0.784. The molecule has 2 aromatic heterocycles. The third-order valence-corrected chi connectivity index (χ3v) is 4.03. The van der Waals surface area contributed by atoms with E-state index in [2.05, 4.69) is 5.10 Å². The highest BCUT2D eigenvalue weighted by molar-refractivity contribution is 7.92. The zero-order chi connectivity index (χ0) is 16.7. The third-order valence-electron chi connectivity index (χ3n) is 2.67. The van der Waals surface area contributed by atoms with E-state index in [0.29, 0.717) is 0 Å². The number of nitrogens with zero attached hydrogens (tertiary/aromatic N) is 3. The average molecular weight is 335 g/mol. The second-order valence-electron chi connectivity index (χ2n) is 4.37. The predicted molar refractivity (Wildman–Crippen MR) is 71.3 cm³/mol. The second-order valence-corrected chi connectivity index (χ2v) is 6.02. The van der Waals surface area contributed by atoms with E-state index in [4.69, 9.17) is 0 Å². The van der Waals surface area contributed by atoms with Gasteiger partial charge in [-0.3, -0.25) is 19.2 Å². The first-order valence-corrected chi connectivity index (χ1v) is 7.24. The van der Waals surface area contributed by atoms with Gasteiger partial charge in [0.1, 0.15) is 0 Å². The third kappa shape index (κ3) is 2.90. The minimum Gasteiger partial charge on any atom is -0.302 e. The lowest BCUT2D eigenvalue weighted by molar-refractivity contribution is 0.146. The summed E-state index contributed by atoms with van der Waals surface area (Å²) >= 11 is 0. The number of rotatable bonds is 4. The molecule has 2 heterocycles. The Morgan fingerprint density at radius 3 is 2.50 bits per heavy atom. The normalized spacial score (nSPS) is 11.9. The number of hydrogen-bond donors (Lipinski definition) is 2. The van der Waals surface area contributed by atoms with Gasteiger partial charge in [-0.25, -0.2) is 22.0 Å². The predicted octanol–water partition coefficient (Wildman–Crippen LogP) is -0.455. The van der Waals surface area contributed by atoms with Gasteiger partial charge >= 0.3 is 5.69 Å². The number of aromatic nitrogens is 4. The Kier molecular flexibility index (Phi) is 3.87. The fourth-order valence-electron chi connectivity index (χ4n) is 1.68. The second kappa shape index (κ2) is 5.36. The van der Waals surface area contributed by atoms with Gasteiger partial charge in [0, 0.05) is 26.5 Å². The van der Waals surface area contributed by atoms with Gasteiger partial charge in [0.05, 0.1) is 5.69 Å². The molecule has 0 bridgehead atoms. The van der Waals surface area contributed by atoms with Crippen molar-refractivity contribution in [2.45, 2.75) is 11.3 Å². The summed E-state index contributed by atoms with van der Waals surface area (Å²) in [6.07, 6.45) is -1.17. The molecule has 2 aromatic rings. The van der Waals surface area contributed by atoms with Crippen LogP contribution in [0.25, 0.3) is 0 Å². The molecule has 9 nitrogen and oxygen atoms in total. The number of hydrogen-bond acceptors (Lipinski definition) is 5. The summed E-state index contributed by atoms with van der Waals surface area (Å²) in [6, 6.07) is 0. The number of anilines is 1. The number of nitrogens with one attached hydrogen (secondary N) is 2. The largest absolute Gasteiger partial charge is 0.328 e. The number of halogens is 2. The van der Waals surface area contributed by atoms with E-state index >= 15 is 0 Å². The van der Waals surface area contributed by atoms with Gasteiger partial charge < -0.3 is 4.57 Å². The van der Waals surface area contributed by atoms with Crippen LogP contribution in [0, 0.1) is 0 Å². The minimum absolute atomic E-state index is 0.453. The van der Waals surface area contributed by atoms with E-state index < -0.39 is 44.0 Å². The highest BCUT2D eigenvalue weighted by atomic mass is 32.2. The molecule has 0 aliphatic heterocycles. The molecule has 0 unspecified atom stereocenters. The maximum absolute atomic E-state index is 12.8. The Hall–Kier alpha value is -2.50. The van der Waals surface area contributed by atoms with Crippen LogP contribution in [0.2, 0.25) is 0 Å². The highest BCUT2D eigenvalue weighted by Crippen LogP contribution is 2.26. The van der Waals surface area contributed by atoms with Crippen molar-refractivity contribution in [3.63, 3.8) is 0 Å². The maximum Gasteiger partial charge on any atom is 0.328 e. The maximum atomic E-state index is 12.8. The molecule has 0 atom stereocenters. The van der Waals surface area contributed by atoms with Gasteiger partial charge in [-0.2, -0.15) is 5.10 Å². The first-order chi connectivity index (χ1) is 10.1. The summed E-state index contributed by atoms with van der Waals surface area (Å²) in [6.45, 7) is 0. The Labute approximate surface area is 122 Å². The molecule has 0 fully saturated rings. The lowest BCUT2D eigenvalue weighted by Crippen LogP contribution is -2.33. The molecule has 22 heavy (non-hydrogen) atoms. The Bertz CT molecular complexity index is 928. The number of aryl methyl sites for hydroxylation is 2. The molecule has 12 heteroatoms. The molecular weight excluding hydrogens is 324 g/mol. The number of sulfonamides is 1. The van der Waals surface area contributed by atoms with Crippen LogP contribution in [0.5, 0.6) is 0 Å². The van der Waals surface area contributed by atoms with Gasteiger partial charge in [0.25, 0.3) is 22.0 Å². The molecule has 120 valence electrons. The molecule has 0 spiro atoms. The average Bonchev–Trinajstić information content (AvgIpc) is 2.74. The van der Waals surface area contributed by atoms with Crippen LogP contribution in [0.3, 0.4) is 0 Å². The minimum atomic E-state index is -4.47. The Balaban J connectivity index is 2.52. The lowest BCUT2D eigenvalue weighted by atomic mass is 10.4. The highest BCUT2D eigenvalue weighted by Gasteiger charge is 2.25. The van der Waals surface area contributed by atoms with Crippen molar-refractivity contribution < 1.29 is 17.2 Å². The first-order valence-electron chi connectivity index (χ1n) is 5.76. The topological polar surface area (TPSA) is 119 Å². The van der Waals surface area contributed by atoms with E-state index in [1.807, 2.05) is 4.72 Å². The summed E-state index contributed by atoms with van der Waals surface area (Å²) in [7, 11) is -1.90. The molecule has 0 saturated heterocycles. The lowest BCUT2D eigenvalue weighted by Gasteiger charge is -2.07. The van der Waals surface area contributed by atoms with Gasteiger partial charge in [0.2, 0.25) is 0 Å². The summed E-state index contributed by atoms with van der Waals surface area (Å²) in [5, 5.41) is 3.44. The molecule has 0 aliphatic rings. The van der Waals surface area contributed by atoms with Crippen molar-refractivity contribution in [1.29, 1.82) is 0 Å². The summed E-state index contributed by atoms with van der Waals surface area (Å²) in [4.78, 5) is 23.8. The van der Waals surface area contributed by atoms with Crippen LogP contribution in [0.4, 0.5) is 14.5 Å². The van der Waals surface area contributed by atoms with Crippen LogP contribution in [0.15, 0.2) is 26.9 Å². The van der Waals surface area contributed by atoms with Crippen LogP contribution < -0.4 is 16.0 Å². The summed E-state index contributed by atoms with van der Waals surface area (Å²) < 4.78 is 53.6. The van der Waals surface area contributed by atoms with Crippen molar-refractivity contribution in [2.75, 3.05) is 4.72 Å². The van der Waals surface area contributed by atoms with Crippen molar-refractivity contribution >= 4 is 15.7 Å². The number of H-pyrrole nitrogens is 1. The van der Waals surface area contributed by atoms with Crippen LogP contribution in [-0.4, -0.2) is 27.7 Å². The molecular formula is C10H11F2N5O4S. The zero-order valence-electron chi connectivity index (χ0n) is 11.4. The smallest absolute Gasteiger partial charge is 0.302 e. The number of aromatic amines is 1. The Morgan fingerprint density at radius 1 is 1.27 bits per heavy atom. The van der Waals surface area contributed by atoms with Gasteiger partial charge in [0.15, 0.2) is 10.6 Å². The van der Waals surface area contributed by atoms with Crippen LogP contribution >= 0.6 is 0 Å². The van der Waals surface area contributed by atoms with E-state index in [1.54, 1.807) is 4.98 Å². The Morgan fingerprint density at radius 2 is 1.91 bits per heavy atom. The summed E-state index contributed by atoms with van der Waals surface area (Å²) in [5.41, 5.74) is -3.19. The molecule has 0 amide bonds. The fraction of sp³-hybridized carbons (Fsp3) is 0.300. The van der Waals surface area contributed by atoms with Crippen LogP contribution in [-0.2, 0) is 24.1 Å². The van der Waals surface area contributed by atoms with Crippen LogP contribution in [0.1, 0.15) is 12.1 Å². The number of alkyl halides is 2. The first kappa shape index (κ1) is 15.9. The molecule has 0 aliphatic carbocycles. The molecule has 0 aromatic carbocycles. The standard InChI is InChI=1S/C10H11F2N5O4S/c1-16-4-6(9(18)13-10(16)19)22(20,21)15-5-3-17(2)14-7(5)8(11)12/h3-4,8,15H,1-2H3,(H,13,18,19). The molecule has 2 N–H and O–H groups in total. The zero-order valence-corrected chi connectivity index (χ0v) is 12.2. The van der Waals surface area contributed by atoms with Crippen molar-refractivity contribution in [3.8, 4) is 0 Å². The van der Waals surface area contributed by atoms with Gasteiger partial charge in [-0.15, -0.1) is 0 Å². The van der Waals surface area contributed by atoms with E-state index in [9.17, 15) is 26.8 Å². The van der Waals surface area contributed by atoms with E-state index in [1.165, 1.54) is 14.1 Å². The van der Waals surface area contributed by atoms with Crippen molar-refractivity contribution in [1.82, 2.24) is 19.3 Å². The van der Waals surface area contributed by atoms with E-state index in [-0.39, 0.29) is 0 Å². The molecule has 0 radical (unpaired) electrons. The monoisotopic (exact) mass is 335 g/mol.